The molecule has 0 aliphatic carbocycles. The molecule has 1 rings (SSSR count). The molecule has 4 nitrogen and oxygen atoms in total. The van der Waals surface area contributed by atoms with Crippen LogP contribution < -0.4 is 5.73 Å². The van der Waals surface area contributed by atoms with Crippen LogP contribution in [0.5, 0.6) is 0 Å². The van der Waals surface area contributed by atoms with Gasteiger partial charge in [0.1, 0.15) is 0 Å². The second-order valence-corrected chi connectivity index (χ2v) is 3.50. The Labute approximate surface area is 89.6 Å². The second-order valence-electron chi connectivity index (χ2n) is 3.50. The number of ether oxygens (including phenoxy) is 1. The molecule has 1 aromatic carbocycles. The summed E-state index contributed by atoms with van der Waals surface area (Å²) in [5.41, 5.74) is 7.40. The number of nitrogens with two attached hydrogens (primary N) is 1. The zero-order valence-electron chi connectivity index (χ0n) is 9.06. The van der Waals surface area contributed by atoms with Crippen molar-refractivity contribution in [1.82, 2.24) is 4.90 Å². The SMILES string of the molecule is CN(C)C(=O)OCCc1ccc(N)cc1. The van der Waals surface area contributed by atoms with Crippen LogP contribution >= 0.6 is 0 Å². The number of nitrogens with zero attached hydrogens (tertiary/aromatic N) is 1. The van der Waals surface area contributed by atoms with E-state index < -0.39 is 0 Å². The summed E-state index contributed by atoms with van der Waals surface area (Å²) in [5, 5.41) is 0. The third-order valence-electron chi connectivity index (χ3n) is 1.96. The molecule has 0 aliphatic heterocycles. The minimum absolute atomic E-state index is 0.314. The summed E-state index contributed by atoms with van der Waals surface area (Å²) >= 11 is 0. The highest BCUT2D eigenvalue weighted by Crippen LogP contribution is 2.06. The lowest BCUT2D eigenvalue weighted by Crippen LogP contribution is -2.23. The molecule has 1 aromatic rings. The van der Waals surface area contributed by atoms with Crippen LogP contribution in [0.3, 0.4) is 0 Å². The summed E-state index contributed by atoms with van der Waals surface area (Å²) in [5.74, 6) is 0. The quantitative estimate of drug-likeness (QED) is 0.766. The van der Waals surface area contributed by atoms with E-state index in [4.69, 9.17) is 10.5 Å². The molecule has 1 amide bonds. The van der Waals surface area contributed by atoms with E-state index in [0.717, 1.165) is 11.3 Å². The Balaban J connectivity index is 2.32. The molecule has 82 valence electrons. The molecule has 0 saturated heterocycles. The third-order valence-corrected chi connectivity index (χ3v) is 1.96. The first-order valence-electron chi connectivity index (χ1n) is 4.78. The predicted octanol–water partition coefficient (Wildman–Crippen LogP) is 1.51. The van der Waals surface area contributed by atoms with Crippen molar-refractivity contribution in [3.05, 3.63) is 29.8 Å². The maximum atomic E-state index is 11.1. The van der Waals surface area contributed by atoms with Gasteiger partial charge in [-0.3, -0.25) is 0 Å². The monoisotopic (exact) mass is 208 g/mol. The maximum Gasteiger partial charge on any atom is 0.409 e. The van der Waals surface area contributed by atoms with Crippen molar-refractivity contribution < 1.29 is 9.53 Å². The van der Waals surface area contributed by atoms with Crippen LogP contribution in [0.4, 0.5) is 10.5 Å². The number of anilines is 1. The molecular weight excluding hydrogens is 192 g/mol. The predicted molar refractivity (Wildman–Crippen MR) is 59.6 cm³/mol. The van der Waals surface area contributed by atoms with Crippen molar-refractivity contribution in [3.63, 3.8) is 0 Å². The summed E-state index contributed by atoms with van der Waals surface area (Å²) in [6.07, 6.45) is 0.394. The zero-order chi connectivity index (χ0) is 11.3. The molecule has 15 heavy (non-hydrogen) atoms. The zero-order valence-corrected chi connectivity index (χ0v) is 9.06. The number of hydrogen-bond donors (Lipinski definition) is 1. The molecule has 2 N–H and O–H groups in total. The number of carbonyl (C=O) groups is 1. The second kappa shape index (κ2) is 5.24. The van der Waals surface area contributed by atoms with E-state index in [0.29, 0.717) is 13.0 Å². The van der Waals surface area contributed by atoms with Gasteiger partial charge < -0.3 is 15.4 Å². The lowest BCUT2D eigenvalue weighted by Gasteiger charge is -2.10. The van der Waals surface area contributed by atoms with E-state index in [9.17, 15) is 4.79 Å². The minimum Gasteiger partial charge on any atom is -0.449 e. The summed E-state index contributed by atoms with van der Waals surface area (Å²) < 4.78 is 4.99. The maximum absolute atomic E-state index is 11.1. The Bertz CT molecular complexity index is 320. The summed E-state index contributed by atoms with van der Waals surface area (Å²) in [7, 11) is 3.32. The fourth-order valence-electron chi connectivity index (χ4n) is 1.07. The summed E-state index contributed by atoms with van der Waals surface area (Å²) in [6, 6.07) is 7.53. The fourth-order valence-corrected chi connectivity index (χ4v) is 1.07. The first-order chi connectivity index (χ1) is 7.09. The Hall–Kier alpha value is -1.71. The van der Waals surface area contributed by atoms with Gasteiger partial charge in [-0.05, 0) is 17.7 Å². The van der Waals surface area contributed by atoms with Crippen molar-refractivity contribution >= 4 is 11.8 Å². The molecule has 0 spiro atoms. The number of hydrogen-bond acceptors (Lipinski definition) is 3. The number of amides is 1. The van der Waals surface area contributed by atoms with Gasteiger partial charge in [-0.1, -0.05) is 12.1 Å². The van der Waals surface area contributed by atoms with Crippen molar-refractivity contribution in [3.8, 4) is 0 Å². The molecule has 4 heteroatoms. The van der Waals surface area contributed by atoms with Gasteiger partial charge in [0, 0.05) is 26.2 Å². The molecule has 0 aromatic heterocycles. The van der Waals surface area contributed by atoms with Crippen LogP contribution in [0.15, 0.2) is 24.3 Å². The smallest absolute Gasteiger partial charge is 0.409 e. The van der Waals surface area contributed by atoms with Crippen LogP contribution in [0, 0.1) is 0 Å². The van der Waals surface area contributed by atoms with Gasteiger partial charge in [0.05, 0.1) is 6.61 Å². The number of rotatable bonds is 3. The van der Waals surface area contributed by atoms with Crippen LogP contribution in [-0.4, -0.2) is 31.7 Å². The number of benzene rings is 1. The van der Waals surface area contributed by atoms with Gasteiger partial charge >= 0.3 is 6.09 Å². The van der Waals surface area contributed by atoms with E-state index >= 15 is 0 Å². The Morgan fingerprint density at radius 3 is 2.47 bits per heavy atom. The molecule has 0 saturated carbocycles. The van der Waals surface area contributed by atoms with E-state index in [-0.39, 0.29) is 6.09 Å². The van der Waals surface area contributed by atoms with E-state index in [1.54, 1.807) is 14.1 Å². The Morgan fingerprint density at radius 1 is 1.33 bits per heavy atom. The Kier molecular flexibility index (Phi) is 3.97. The highest BCUT2D eigenvalue weighted by molar-refractivity contribution is 5.66. The first-order valence-corrected chi connectivity index (χ1v) is 4.78. The van der Waals surface area contributed by atoms with Crippen molar-refractivity contribution in [2.45, 2.75) is 6.42 Å². The van der Waals surface area contributed by atoms with Crippen molar-refractivity contribution in [2.75, 3.05) is 26.4 Å². The van der Waals surface area contributed by atoms with Crippen LogP contribution in [0.1, 0.15) is 5.56 Å². The van der Waals surface area contributed by atoms with Gasteiger partial charge in [-0.2, -0.15) is 0 Å². The van der Waals surface area contributed by atoms with Crippen molar-refractivity contribution in [1.29, 1.82) is 0 Å². The van der Waals surface area contributed by atoms with E-state index in [2.05, 4.69) is 0 Å². The van der Waals surface area contributed by atoms with Crippen molar-refractivity contribution in [2.24, 2.45) is 0 Å². The lowest BCUT2D eigenvalue weighted by molar-refractivity contribution is 0.119. The van der Waals surface area contributed by atoms with Crippen LogP contribution in [0.25, 0.3) is 0 Å². The average Bonchev–Trinajstić information content (AvgIpc) is 2.20. The average molecular weight is 208 g/mol. The molecule has 0 aliphatic rings. The van der Waals surface area contributed by atoms with E-state index in [1.807, 2.05) is 24.3 Å². The molecule has 0 radical (unpaired) electrons. The van der Waals surface area contributed by atoms with Gasteiger partial charge in [-0.25, -0.2) is 4.79 Å². The molecule has 0 bridgehead atoms. The highest BCUT2D eigenvalue weighted by atomic mass is 16.6. The van der Waals surface area contributed by atoms with Gasteiger partial charge in [0.15, 0.2) is 0 Å². The van der Waals surface area contributed by atoms with Gasteiger partial charge in [0.25, 0.3) is 0 Å². The van der Waals surface area contributed by atoms with Crippen LogP contribution in [-0.2, 0) is 11.2 Å². The Morgan fingerprint density at radius 2 is 1.93 bits per heavy atom. The largest absolute Gasteiger partial charge is 0.449 e. The molecule has 0 fully saturated rings. The first kappa shape index (κ1) is 11.4. The number of carbonyl (C=O) groups excluding carboxylic acids is 1. The van der Waals surface area contributed by atoms with Crippen LogP contribution in [0.2, 0.25) is 0 Å². The molecule has 0 atom stereocenters. The summed E-state index contributed by atoms with van der Waals surface area (Å²) in [4.78, 5) is 12.5. The topological polar surface area (TPSA) is 55.6 Å². The highest BCUT2D eigenvalue weighted by Gasteiger charge is 2.03. The van der Waals surface area contributed by atoms with E-state index in [1.165, 1.54) is 4.90 Å². The fraction of sp³-hybridized carbons (Fsp3) is 0.364. The molecule has 0 heterocycles. The minimum atomic E-state index is -0.314. The number of nitrogen functional groups attached to an aromatic ring is 1. The molecule has 0 unspecified atom stereocenters. The van der Waals surface area contributed by atoms with Gasteiger partial charge in [-0.15, -0.1) is 0 Å². The molecular formula is C11H16N2O2. The lowest BCUT2D eigenvalue weighted by atomic mass is 10.1. The van der Waals surface area contributed by atoms with Gasteiger partial charge in [0.2, 0.25) is 0 Å². The standard InChI is InChI=1S/C11H16N2O2/c1-13(2)11(14)15-8-7-9-3-5-10(12)6-4-9/h3-6H,7-8,12H2,1-2H3. The normalized spacial score (nSPS) is 9.73. The third kappa shape index (κ3) is 3.89. The summed E-state index contributed by atoms with van der Waals surface area (Å²) in [6.45, 7) is 0.390.